The van der Waals surface area contributed by atoms with Crippen molar-refractivity contribution < 1.29 is 4.74 Å². The van der Waals surface area contributed by atoms with Crippen LogP contribution in [0.4, 0.5) is 0 Å². The molecule has 1 aliphatic carbocycles. The van der Waals surface area contributed by atoms with Gasteiger partial charge in [0.25, 0.3) is 0 Å². The summed E-state index contributed by atoms with van der Waals surface area (Å²) in [6.45, 7) is 4.61. The van der Waals surface area contributed by atoms with Gasteiger partial charge < -0.3 is 10.5 Å². The number of para-hydroxylation sites is 1. The molecule has 1 saturated carbocycles. The lowest BCUT2D eigenvalue weighted by molar-refractivity contribution is 0.0687. The van der Waals surface area contributed by atoms with Gasteiger partial charge in [-0.3, -0.25) is 4.90 Å². The Balaban J connectivity index is 1.87. The molecule has 3 rings (SSSR count). The maximum Gasteiger partial charge on any atom is 0.124 e. The summed E-state index contributed by atoms with van der Waals surface area (Å²) >= 11 is 0. The van der Waals surface area contributed by atoms with Gasteiger partial charge in [0.1, 0.15) is 5.75 Å². The highest BCUT2D eigenvalue weighted by Crippen LogP contribution is 2.41. The summed E-state index contributed by atoms with van der Waals surface area (Å²) in [7, 11) is 0. The highest BCUT2D eigenvalue weighted by Gasteiger charge is 2.38. The molecule has 1 heterocycles. The Morgan fingerprint density at radius 2 is 2.05 bits per heavy atom. The van der Waals surface area contributed by atoms with E-state index in [1.54, 1.807) is 0 Å². The Kier molecular flexibility index (Phi) is 4.81. The molecule has 21 heavy (non-hydrogen) atoms. The second-order valence-electron chi connectivity index (χ2n) is 6.36. The number of piperidine rings is 1. The average molecular weight is 288 g/mol. The van der Waals surface area contributed by atoms with Crippen LogP contribution >= 0.6 is 0 Å². The van der Waals surface area contributed by atoms with E-state index in [-0.39, 0.29) is 0 Å². The molecule has 1 aromatic carbocycles. The fourth-order valence-electron chi connectivity index (χ4n) is 4.36. The first-order valence-corrected chi connectivity index (χ1v) is 8.52. The summed E-state index contributed by atoms with van der Waals surface area (Å²) in [5, 5.41) is 0. The van der Waals surface area contributed by atoms with Gasteiger partial charge in [-0.25, -0.2) is 0 Å². The van der Waals surface area contributed by atoms with Gasteiger partial charge in [-0.05, 0) is 51.1 Å². The molecule has 0 bridgehead atoms. The maximum absolute atomic E-state index is 6.19. The lowest BCUT2D eigenvalue weighted by Crippen LogP contribution is -2.46. The quantitative estimate of drug-likeness (QED) is 0.903. The van der Waals surface area contributed by atoms with Crippen molar-refractivity contribution in [3.8, 4) is 5.75 Å². The molecule has 3 nitrogen and oxygen atoms in total. The largest absolute Gasteiger partial charge is 0.494 e. The van der Waals surface area contributed by atoms with Crippen molar-refractivity contribution >= 4 is 0 Å². The monoisotopic (exact) mass is 288 g/mol. The van der Waals surface area contributed by atoms with Crippen molar-refractivity contribution in [2.24, 2.45) is 11.7 Å². The normalized spacial score (nSPS) is 27.3. The first-order valence-electron chi connectivity index (χ1n) is 8.52. The van der Waals surface area contributed by atoms with Crippen LogP contribution in [0.1, 0.15) is 50.6 Å². The molecule has 0 amide bonds. The standard InChI is InChI=1S/C18H28N2O/c1-2-21-18-11-4-3-9-15(18)17(13-19)20-12-6-8-14-7-5-10-16(14)20/h3-4,9,11,14,16-17H,2,5-8,10,12-13,19H2,1H3. The summed E-state index contributed by atoms with van der Waals surface area (Å²) in [4.78, 5) is 2.68. The number of hydrogen-bond acceptors (Lipinski definition) is 3. The van der Waals surface area contributed by atoms with Crippen LogP contribution in [0, 0.1) is 5.92 Å². The first-order chi connectivity index (χ1) is 10.3. The van der Waals surface area contributed by atoms with Gasteiger partial charge in [-0.1, -0.05) is 24.6 Å². The third-order valence-electron chi connectivity index (χ3n) is 5.24. The van der Waals surface area contributed by atoms with E-state index in [2.05, 4.69) is 29.2 Å². The van der Waals surface area contributed by atoms with Gasteiger partial charge in [-0.2, -0.15) is 0 Å². The topological polar surface area (TPSA) is 38.5 Å². The van der Waals surface area contributed by atoms with E-state index < -0.39 is 0 Å². The number of fused-ring (bicyclic) bond motifs is 1. The Hall–Kier alpha value is -1.06. The second-order valence-corrected chi connectivity index (χ2v) is 6.36. The number of rotatable bonds is 5. The van der Waals surface area contributed by atoms with E-state index in [0.717, 1.165) is 17.7 Å². The summed E-state index contributed by atoms with van der Waals surface area (Å²) in [6, 6.07) is 9.48. The minimum absolute atomic E-state index is 0.304. The Morgan fingerprint density at radius 3 is 2.86 bits per heavy atom. The maximum atomic E-state index is 6.19. The molecule has 2 aliphatic rings. The third-order valence-corrected chi connectivity index (χ3v) is 5.24. The SMILES string of the molecule is CCOc1ccccc1C(CN)N1CCCC2CCCC21. The lowest BCUT2D eigenvalue weighted by Gasteiger charge is -2.43. The van der Waals surface area contributed by atoms with Crippen LogP contribution in [0.2, 0.25) is 0 Å². The van der Waals surface area contributed by atoms with Crippen LogP contribution in [0.25, 0.3) is 0 Å². The van der Waals surface area contributed by atoms with E-state index in [1.165, 1.54) is 44.2 Å². The molecule has 2 fully saturated rings. The smallest absolute Gasteiger partial charge is 0.124 e. The molecule has 3 heteroatoms. The molecular formula is C18H28N2O. The van der Waals surface area contributed by atoms with Gasteiger partial charge in [0.2, 0.25) is 0 Å². The van der Waals surface area contributed by atoms with Gasteiger partial charge in [0.15, 0.2) is 0 Å². The Bertz CT molecular complexity index is 462. The van der Waals surface area contributed by atoms with Crippen molar-refractivity contribution in [1.29, 1.82) is 0 Å². The van der Waals surface area contributed by atoms with E-state index in [4.69, 9.17) is 10.5 Å². The van der Waals surface area contributed by atoms with Crippen molar-refractivity contribution in [1.82, 2.24) is 4.90 Å². The second kappa shape index (κ2) is 6.80. The highest BCUT2D eigenvalue weighted by atomic mass is 16.5. The number of benzene rings is 1. The molecule has 3 unspecified atom stereocenters. The van der Waals surface area contributed by atoms with Crippen molar-refractivity contribution in [2.75, 3.05) is 19.7 Å². The molecule has 1 aliphatic heterocycles. The summed E-state index contributed by atoms with van der Waals surface area (Å²) in [6.07, 6.45) is 6.86. The van der Waals surface area contributed by atoms with Gasteiger partial charge in [0.05, 0.1) is 12.6 Å². The van der Waals surface area contributed by atoms with Crippen LogP contribution in [0.15, 0.2) is 24.3 Å². The molecule has 2 N–H and O–H groups in total. The summed E-state index contributed by atoms with van der Waals surface area (Å²) in [5.41, 5.74) is 7.46. The minimum atomic E-state index is 0.304. The molecular weight excluding hydrogens is 260 g/mol. The number of hydrogen-bond donors (Lipinski definition) is 1. The molecule has 116 valence electrons. The average Bonchev–Trinajstić information content (AvgIpc) is 2.99. The number of nitrogens with zero attached hydrogens (tertiary/aromatic N) is 1. The van der Waals surface area contributed by atoms with Crippen LogP contribution < -0.4 is 10.5 Å². The van der Waals surface area contributed by atoms with E-state index in [9.17, 15) is 0 Å². The number of nitrogens with two attached hydrogens (primary N) is 1. The van der Waals surface area contributed by atoms with E-state index in [1.807, 2.05) is 6.92 Å². The minimum Gasteiger partial charge on any atom is -0.494 e. The molecule has 0 radical (unpaired) electrons. The predicted octanol–water partition coefficient (Wildman–Crippen LogP) is 3.35. The molecule has 0 aromatic heterocycles. The molecule has 1 saturated heterocycles. The predicted molar refractivity (Wildman–Crippen MR) is 86.5 cm³/mol. The van der Waals surface area contributed by atoms with Crippen LogP contribution in [0.5, 0.6) is 5.75 Å². The van der Waals surface area contributed by atoms with Gasteiger partial charge in [-0.15, -0.1) is 0 Å². The molecule has 3 atom stereocenters. The van der Waals surface area contributed by atoms with Crippen LogP contribution in [0.3, 0.4) is 0 Å². The zero-order valence-electron chi connectivity index (χ0n) is 13.1. The zero-order valence-corrected chi connectivity index (χ0v) is 13.1. The molecule has 0 spiro atoms. The van der Waals surface area contributed by atoms with Crippen molar-refractivity contribution in [3.05, 3.63) is 29.8 Å². The van der Waals surface area contributed by atoms with Crippen molar-refractivity contribution in [3.63, 3.8) is 0 Å². The van der Waals surface area contributed by atoms with Crippen LogP contribution in [-0.2, 0) is 0 Å². The zero-order chi connectivity index (χ0) is 14.7. The van der Waals surface area contributed by atoms with Crippen molar-refractivity contribution in [2.45, 2.75) is 51.1 Å². The molecule has 1 aromatic rings. The van der Waals surface area contributed by atoms with Crippen LogP contribution in [-0.4, -0.2) is 30.6 Å². The summed E-state index contributed by atoms with van der Waals surface area (Å²) < 4.78 is 5.84. The lowest BCUT2D eigenvalue weighted by atomic mass is 9.89. The van der Waals surface area contributed by atoms with Gasteiger partial charge in [0, 0.05) is 18.2 Å². The Labute approximate surface area is 128 Å². The number of likely N-dealkylation sites (tertiary alicyclic amines) is 1. The number of ether oxygens (including phenoxy) is 1. The summed E-state index contributed by atoms with van der Waals surface area (Å²) in [5.74, 6) is 1.91. The first kappa shape index (κ1) is 14.9. The van der Waals surface area contributed by atoms with Gasteiger partial charge >= 0.3 is 0 Å². The fourth-order valence-corrected chi connectivity index (χ4v) is 4.36. The fraction of sp³-hybridized carbons (Fsp3) is 0.667. The van der Waals surface area contributed by atoms with E-state index >= 15 is 0 Å². The Morgan fingerprint density at radius 1 is 1.24 bits per heavy atom. The third kappa shape index (κ3) is 2.95. The highest BCUT2D eigenvalue weighted by molar-refractivity contribution is 5.36. The van der Waals surface area contributed by atoms with E-state index in [0.29, 0.717) is 19.2 Å².